The fourth-order valence-electron chi connectivity index (χ4n) is 1.70. The SMILES string of the molecule is CS(=O)(=O)CCN(Cc1cccc([N+](=O)[O-])c1)C(=O)C(F)(F)F. The molecule has 0 aliphatic rings. The number of amides is 1. The lowest BCUT2D eigenvalue weighted by Gasteiger charge is -2.23. The molecule has 1 aromatic rings. The Balaban J connectivity index is 3.03. The Morgan fingerprint density at radius 1 is 1.35 bits per heavy atom. The van der Waals surface area contributed by atoms with Gasteiger partial charge in [-0.3, -0.25) is 14.9 Å². The number of alkyl halides is 3. The molecule has 0 heterocycles. The van der Waals surface area contributed by atoms with E-state index in [4.69, 9.17) is 0 Å². The van der Waals surface area contributed by atoms with E-state index in [2.05, 4.69) is 0 Å². The van der Waals surface area contributed by atoms with E-state index in [9.17, 15) is 36.5 Å². The monoisotopic (exact) mass is 354 g/mol. The summed E-state index contributed by atoms with van der Waals surface area (Å²) in [7, 11) is -3.58. The third-order valence-electron chi connectivity index (χ3n) is 2.76. The lowest BCUT2D eigenvalue weighted by Crippen LogP contribution is -2.42. The number of hydrogen-bond acceptors (Lipinski definition) is 5. The van der Waals surface area contributed by atoms with E-state index in [1.807, 2.05) is 0 Å². The lowest BCUT2D eigenvalue weighted by atomic mass is 10.2. The summed E-state index contributed by atoms with van der Waals surface area (Å²) in [6, 6.07) is 4.75. The van der Waals surface area contributed by atoms with E-state index in [-0.39, 0.29) is 11.3 Å². The van der Waals surface area contributed by atoms with Gasteiger partial charge in [0.05, 0.1) is 10.7 Å². The number of non-ortho nitro benzene ring substituents is 1. The van der Waals surface area contributed by atoms with Gasteiger partial charge in [-0.1, -0.05) is 12.1 Å². The van der Waals surface area contributed by atoms with Crippen LogP contribution in [0.3, 0.4) is 0 Å². The first-order valence-corrected chi connectivity index (χ1v) is 8.23. The number of hydrogen-bond donors (Lipinski definition) is 0. The van der Waals surface area contributed by atoms with E-state index in [1.54, 1.807) is 0 Å². The number of halogens is 3. The zero-order valence-corrected chi connectivity index (χ0v) is 12.7. The van der Waals surface area contributed by atoms with E-state index >= 15 is 0 Å². The summed E-state index contributed by atoms with van der Waals surface area (Å²) in [4.78, 5) is 21.6. The van der Waals surface area contributed by atoms with E-state index in [0.717, 1.165) is 18.4 Å². The molecular formula is C12H13F3N2O5S. The molecule has 1 amide bonds. The van der Waals surface area contributed by atoms with Gasteiger partial charge in [-0.2, -0.15) is 13.2 Å². The Morgan fingerprint density at radius 3 is 2.43 bits per heavy atom. The quantitative estimate of drug-likeness (QED) is 0.570. The van der Waals surface area contributed by atoms with Crippen LogP contribution >= 0.6 is 0 Å². The highest BCUT2D eigenvalue weighted by molar-refractivity contribution is 7.90. The van der Waals surface area contributed by atoms with Gasteiger partial charge in [0, 0.05) is 31.5 Å². The average Bonchev–Trinajstić information content (AvgIpc) is 2.41. The maximum absolute atomic E-state index is 12.6. The van der Waals surface area contributed by atoms with Crippen molar-refractivity contribution in [3.8, 4) is 0 Å². The van der Waals surface area contributed by atoms with Gasteiger partial charge in [0.15, 0.2) is 0 Å². The second-order valence-electron chi connectivity index (χ2n) is 4.78. The molecule has 0 bridgehead atoms. The predicted octanol–water partition coefficient (Wildman–Crippen LogP) is 1.53. The molecule has 0 saturated carbocycles. The van der Waals surface area contributed by atoms with Gasteiger partial charge in [0.25, 0.3) is 5.69 Å². The highest BCUT2D eigenvalue weighted by atomic mass is 32.2. The predicted molar refractivity (Wildman–Crippen MR) is 74.3 cm³/mol. The molecule has 7 nitrogen and oxygen atoms in total. The Labute approximate surface area is 129 Å². The van der Waals surface area contributed by atoms with Gasteiger partial charge in [0.1, 0.15) is 9.84 Å². The molecule has 0 unspecified atom stereocenters. The first-order chi connectivity index (χ1) is 10.4. The number of benzene rings is 1. The number of rotatable bonds is 6. The van der Waals surface area contributed by atoms with E-state index in [1.165, 1.54) is 12.1 Å². The van der Waals surface area contributed by atoms with Crippen molar-refractivity contribution in [1.29, 1.82) is 0 Å². The highest BCUT2D eigenvalue weighted by Gasteiger charge is 2.42. The molecule has 11 heteroatoms. The Bertz CT molecular complexity index is 703. The number of nitro benzene ring substituents is 1. The van der Waals surface area contributed by atoms with Gasteiger partial charge in [-0.15, -0.1) is 0 Å². The summed E-state index contributed by atoms with van der Waals surface area (Å²) in [5, 5.41) is 10.7. The largest absolute Gasteiger partial charge is 0.471 e. The van der Waals surface area contributed by atoms with Crippen LogP contribution in [0, 0.1) is 10.1 Å². The molecule has 0 aliphatic carbocycles. The maximum atomic E-state index is 12.6. The molecule has 128 valence electrons. The van der Waals surface area contributed by atoms with Crippen LogP contribution in [0.25, 0.3) is 0 Å². The molecule has 23 heavy (non-hydrogen) atoms. The molecule has 0 aromatic heterocycles. The van der Waals surface area contributed by atoms with Crippen LogP contribution in [0.15, 0.2) is 24.3 Å². The van der Waals surface area contributed by atoms with Crippen molar-refractivity contribution in [2.24, 2.45) is 0 Å². The average molecular weight is 354 g/mol. The second-order valence-corrected chi connectivity index (χ2v) is 7.04. The van der Waals surface area contributed by atoms with Crippen LogP contribution in [-0.4, -0.2) is 48.9 Å². The van der Waals surface area contributed by atoms with Gasteiger partial charge in [0.2, 0.25) is 0 Å². The van der Waals surface area contributed by atoms with Crippen molar-refractivity contribution in [3.05, 3.63) is 39.9 Å². The normalized spacial score (nSPS) is 12.0. The number of carbonyl (C=O) groups excluding carboxylic acids is 1. The third kappa shape index (κ3) is 6.22. The number of nitrogens with zero attached hydrogens (tertiary/aromatic N) is 2. The molecule has 1 aromatic carbocycles. The zero-order valence-electron chi connectivity index (χ0n) is 11.9. The van der Waals surface area contributed by atoms with Gasteiger partial charge in [-0.05, 0) is 5.56 Å². The first kappa shape index (κ1) is 18.9. The van der Waals surface area contributed by atoms with Crippen LogP contribution in [0.2, 0.25) is 0 Å². The summed E-state index contributed by atoms with van der Waals surface area (Å²) < 4.78 is 59.9. The summed E-state index contributed by atoms with van der Waals surface area (Å²) in [6.07, 6.45) is -4.34. The van der Waals surface area contributed by atoms with E-state index in [0.29, 0.717) is 4.90 Å². The topological polar surface area (TPSA) is 97.6 Å². The minimum atomic E-state index is -5.17. The van der Waals surface area contributed by atoms with Crippen LogP contribution < -0.4 is 0 Å². The van der Waals surface area contributed by atoms with Crippen molar-refractivity contribution in [2.75, 3.05) is 18.6 Å². The Hall–Kier alpha value is -2.17. The molecule has 0 radical (unpaired) electrons. The van der Waals surface area contributed by atoms with Crippen molar-refractivity contribution in [1.82, 2.24) is 4.90 Å². The number of sulfone groups is 1. The highest BCUT2D eigenvalue weighted by Crippen LogP contribution is 2.21. The molecule has 0 N–H and O–H groups in total. The summed E-state index contributed by atoms with van der Waals surface area (Å²) in [6.45, 7) is -1.25. The van der Waals surface area contributed by atoms with Crippen LogP contribution in [-0.2, 0) is 21.2 Å². The third-order valence-corrected chi connectivity index (χ3v) is 3.68. The van der Waals surface area contributed by atoms with Crippen molar-refractivity contribution in [2.45, 2.75) is 12.7 Å². The molecule has 0 spiro atoms. The van der Waals surface area contributed by atoms with Crippen molar-refractivity contribution >= 4 is 21.4 Å². The molecule has 0 atom stereocenters. The lowest BCUT2D eigenvalue weighted by molar-refractivity contribution is -0.384. The first-order valence-electron chi connectivity index (χ1n) is 6.17. The summed E-state index contributed by atoms with van der Waals surface area (Å²) >= 11 is 0. The van der Waals surface area contributed by atoms with Crippen molar-refractivity contribution in [3.63, 3.8) is 0 Å². The molecule has 0 saturated heterocycles. The van der Waals surface area contributed by atoms with Gasteiger partial charge < -0.3 is 4.90 Å². The number of carbonyl (C=O) groups is 1. The minimum Gasteiger partial charge on any atom is -0.330 e. The van der Waals surface area contributed by atoms with Crippen molar-refractivity contribution < 1.29 is 31.3 Å². The Morgan fingerprint density at radius 2 is 1.96 bits per heavy atom. The van der Waals surface area contributed by atoms with Crippen LogP contribution in [0.1, 0.15) is 5.56 Å². The Kier molecular flexibility index (Phi) is 5.70. The summed E-state index contributed by atoms with van der Waals surface area (Å²) in [5.74, 6) is -2.85. The minimum absolute atomic E-state index is 0.0882. The van der Waals surface area contributed by atoms with Crippen LogP contribution in [0.5, 0.6) is 0 Å². The molecule has 0 fully saturated rings. The zero-order chi connectivity index (χ0) is 17.8. The molecule has 1 rings (SSSR count). The smallest absolute Gasteiger partial charge is 0.330 e. The fourth-order valence-corrected chi connectivity index (χ4v) is 2.25. The summed E-state index contributed by atoms with van der Waals surface area (Å²) in [5.41, 5.74) is -0.254. The number of nitro groups is 1. The van der Waals surface area contributed by atoms with Crippen LogP contribution in [0.4, 0.5) is 18.9 Å². The standard InChI is InChI=1S/C12H13F3N2O5S/c1-23(21,22)6-5-16(11(18)12(13,14)15)8-9-3-2-4-10(7-9)17(19)20/h2-4,7H,5-6,8H2,1H3. The molecule has 0 aliphatic heterocycles. The molecular weight excluding hydrogens is 341 g/mol. The second kappa shape index (κ2) is 6.94. The van der Waals surface area contributed by atoms with Gasteiger partial charge >= 0.3 is 12.1 Å². The maximum Gasteiger partial charge on any atom is 0.471 e. The van der Waals surface area contributed by atoms with Gasteiger partial charge in [-0.25, -0.2) is 8.42 Å². The van der Waals surface area contributed by atoms with E-state index < -0.39 is 45.7 Å². The fraction of sp³-hybridized carbons (Fsp3) is 0.417.